The Bertz CT molecular complexity index is 1250. The van der Waals surface area contributed by atoms with Gasteiger partial charge >= 0.3 is 0 Å². The number of hydrogen-bond donors (Lipinski definition) is 1. The van der Waals surface area contributed by atoms with Crippen LogP contribution in [0.3, 0.4) is 0 Å². The molecule has 0 fully saturated rings. The van der Waals surface area contributed by atoms with E-state index in [0.29, 0.717) is 34.4 Å². The normalized spacial score (nSPS) is 11.5. The molecular formula is C26H31N3O4S2. The summed E-state index contributed by atoms with van der Waals surface area (Å²) in [6.07, 6.45) is 3.41. The molecule has 3 aromatic rings. The molecule has 0 aliphatic carbocycles. The van der Waals surface area contributed by atoms with E-state index >= 15 is 0 Å². The highest BCUT2D eigenvalue weighted by atomic mass is 32.2. The first-order valence-electron chi connectivity index (χ1n) is 11.8. The zero-order valence-electron chi connectivity index (χ0n) is 20.3. The SMILES string of the molecule is CCCCN(CCCC)S(=O)(=O)c1ccc(C(=O)Nc2nc(-c3ccccc3)c(C(C)=O)s2)cc1. The van der Waals surface area contributed by atoms with Gasteiger partial charge in [-0.25, -0.2) is 13.4 Å². The Hall–Kier alpha value is -2.88. The van der Waals surface area contributed by atoms with E-state index in [4.69, 9.17) is 0 Å². The predicted octanol–water partition coefficient (Wildman–Crippen LogP) is 5.86. The molecule has 0 aliphatic heterocycles. The fourth-order valence-corrected chi connectivity index (χ4v) is 5.92. The first-order valence-corrected chi connectivity index (χ1v) is 14.0. The highest BCUT2D eigenvalue weighted by molar-refractivity contribution is 7.89. The van der Waals surface area contributed by atoms with Gasteiger partial charge in [0.05, 0.1) is 15.5 Å². The van der Waals surface area contributed by atoms with Crippen LogP contribution in [-0.2, 0) is 10.0 Å². The summed E-state index contributed by atoms with van der Waals surface area (Å²) in [6.45, 7) is 6.49. The molecule has 1 N–H and O–H groups in total. The molecule has 186 valence electrons. The number of carbonyl (C=O) groups is 2. The van der Waals surface area contributed by atoms with E-state index in [1.807, 2.05) is 44.2 Å². The van der Waals surface area contributed by atoms with Gasteiger partial charge in [-0.3, -0.25) is 14.9 Å². The summed E-state index contributed by atoms with van der Waals surface area (Å²) in [5.41, 5.74) is 1.62. The average molecular weight is 514 g/mol. The van der Waals surface area contributed by atoms with Gasteiger partial charge < -0.3 is 0 Å². The highest BCUT2D eigenvalue weighted by Crippen LogP contribution is 2.31. The molecule has 0 atom stereocenters. The van der Waals surface area contributed by atoms with Crippen LogP contribution in [0.2, 0.25) is 0 Å². The van der Waals surface area contributed by atoms with Crippen LogP contribution in [0.5, 0.6) is 0 Å². The van der Waals surface area contributed by atoms with Gasteiger partial charge in [0.1, 0.15) is 0 Å². The number of hydrogen-bond acceptors (Lipinski definition) is 6. The van der Waals surface area contributed by atoms with Gasteiger partial charge in [-0.05, 0) is 37.1 Å². The van der Waals surface area contributed by atoms with Crippen molar-refractivity contribution in [3.8, 4) is 11.3 Å². The van der Waals surface area contributed by atoms with Gasteiger partial charge in [0, 0.05) is 31.1 Å². The zero-order chi connectivity index (χ0) is 25.4. The van der Waals surface area contributed by atoms with Gasteiger partial charge in [0.25, 0.3) is 5.91 Å². The molecule has 0 saturated carbocycles. The van der Waals surface area contributed by atoms with Crippen LogP contribution in [0, 0.1) is 0 Å². The quantitative estimate of drug-likeness (QED) is 0.306. The maximum Gasteiger partial charge on any atom is 0.257 e. The van der Waals surface area contributed by atoms with Crippen LogP contribution in [0.4, 0.5) is 5.13 Å². The molecular weight excluding hydrogens is 482 g/mol. The first-order chi connectivity index (χ1) is 16.8. The third kappa shape index (κ3) is 6.62. The number of nitrogens with one attached hydrogen (secondary N) is 1. The van der Waals surface area contributed by atoms with Crippen molar-refractivity contribution < 1.29 is 18.0 Å². The molecule has 0 unspecified atom stereocenters. The minimum atomic E-state index is -3.64. The maximum atomic E-state index is 13.1. The van der Waals surface area contributed by atoms with E-state index in [2.05, 4.69) is 10.3 Å². The molecule has 35 heavy (non-hydrogen) atoms. The number of carbonyl (C=O) groups excluding carboxylic acids is 2. The molecule has 1 amide bonds. The lowest BCUT2D eigenvalue weighted by molar-refractivity contribution is 0.101. The van der Waals surface area contributed by atoms with Crippen LogP contribution in [-0.4, -0.2) is 42.5 Å². The molecule has 9 heteroatoms. The highest BCUT2D eigenvalue weighted by Gasteiger charge is 2.24. The van der Waals surface area contributed by atoms with E-state index < -0.39 is 15.9 Å². The summed E-state index contributed by atoms with van der Waals surface area (Å²) >= 11 is 1.12. The van der Waals surface area contributed by atoms with E-state index in [-0.39, 0.29) is 10.7 Å². The smallest absolute Gasteiger partial charge is 0.257 e. The predicted molar refractivity (Wildman–Crippen MR) is 141 cm³/mol. The lowest BCUT2D eigenvalue weighted by atomic mass is 10.1. The number of ketones is 1. The Morgan fingerprint density at radius 3 is 2.09 bits per heavy atom. The molecule has 0 saturated heterocycles. The Labute approximate surface area is 211 Å². The minimum Gasteiger partial charge on any atom is -0.298 e. The first kappa shape index (κ1) is 26.7. The summed E-state index contributed by atoms with van der Waals surface area (Å²) in [5, 5.41) is 3.04. The van der Waals surface area contributed by atoms with Crippen molar-refractivity contribution in [3.63, 3.8) is 0 Å². The molecule has 1 heterocycles. The average Bonchev–Trinajstić information content (AvgIpc) is 3.28. The van der Waals surface area contributed by atoms with Crippen molar-refractivity contribution in [2.24, 2.45) is 0 Å². The third-order valence-electron chi connectivity index (χ3n) is 5.49. The van der Waals surface area contributed by atoms with Crippen LogP contribution in [0.1, 0.15) is 66.5 Å². The van der Waals surface area contributed by atoms with Crippen LogP contribution in [0.25, 0.3) is 11.3 Å². The topological polar surface area (TPSA) is 96.4 Å². The van der Waals surface area contributed by atoms with Crippen molar-refractivity contribution in [2.45, 2.75) is 51.3 Å². The molecule has 2 aromatic carbocycles. The number of Topliss-reactive ketones (excluding diaryl/α,β-unsaturated/α-hetero) is 1. The Balaban J connectivity index is 1.79. The maximum absolute atomic E-state index is 13.1. The fourth-order valence-electron chi connectivity index (χ4n) is 3.52. The van der Waals surface area contributed by atoms with Crippen molar-refractivity contribution >= 4 is 38.2 Å². The van der Waals surface area contributed by atoms with Crippen LogP contribution < -0.4 is 5.32 Å². The lowest BCUT2D eigenvalue weighted by Gasteiger charge is -2.22. The lowest BCUT2D eigenvalue weighted by Crippen LogP contribution is -2.33. The molecule has 1 aromatic heterocycles. The number of rotatable bonds is 12. The second kappa shape index (κ2) is 12.2. The summed E-state index contributed by atoms with van der Waals surface area (Å²) in [6, 6.07) is 15.2. The van der Waals surface area contributed by atoms with Crippen molar-refractivity contribution in [3.05, 3.63) is 65.0 Å². The van der Waals surface area contributed by atoms with Gasteiger partial charge in [0.2, 0.25) is 10.0 Å². The number of anilines is 1. The summed E-state index contributed by atoms with van der Waals surface area (Å²) < 4.78 is 27.8. The van der Waals surface area contributed by atoms with Crippen LogP contribution >= 0.6 is 11.3 Å². The second-order valence-electron chi connectivity index (χ2n) is 8.21. The minimum absolute atomic E-state index is 0.132. The van der Waals surface area contributed by atoms with Crippen molar-refractivity contribution in [2.75, 3.05) is 18.4 Å². The molecule has 7 nitrogen and oxygen atoms in total. The van der Waals surface area contributed by atoms with E-state index in [1.54, 1.807) is 0 Å². The number of aromatic nitrogens is 1. The van der Waals surface area contributed by atoms with E-state index in [9.17, 15) is 18.0 Å². The Kier molecular flexibility index (Phi) is 9.31. The molecule has 0 bridgehead atoms. The zero-order valence-corrected chi connectivity index (χ0v) is 21.9. The molecule has 0 radical (unpaired) electrons. The molecule has 3 rings (SSSR count). The summed E-state index contributed by atoms with van der Waals surface area (Å²) in [5.74, 6) is -0.557. The second-order valence-corrected chi connectivity index (χ2v) is 11.1. The number of benzene rings is 2. The van der Waals surface area contributed by atoms with Crippen molar-refractivity contribution in [1.29, 1.82) is 0 Å². The monoisotopic (exact) mass is 513 g/mol. The van der Waals surface area contributed by atoms with Crippen molar-refractivity contribution in [1.82, 2.24) is 9.29 Å². The number of unbranched alkanes of at least 4 members (excludes halogenated alkanes) is 2. The Morgan fingerprint density at radius 2 is 1.54 bits per heavy atom. The summed E-state index contributed by atoms with van der Waals surface area (Å²) in [7, 11) is -3.64. The third-order valence-corrected chi connectivity index (χ3v) is 8.48. The van der Waals surface area contributed by atoms with Gasteiger partial charge in [-0.2, -0.15) is 4.31 Å². The van der Waals surface area contributed by atoms with E-state index in [1.165, 1.54) is 35.5 Å². The number of sulfonamides is 1. The molecule has 0 spiro atoms. The fraction of sp³-hybridized carbons (Fsp3) is 0.346. The Morgan fingerprint density at radius 1 is 0.943 bits per heavy atom. The molecule has 0 aliphatic rings. The van der Waals surface area contributed by atoms with Crippen LogP contribution in [0.15, 0.2) is 59.5 Å². The summed E-state index contributed by atoms with van der Waals surface area (Å²) in [4.78, 5) is 30.1. The standard InChI is InChI=1S/C26H31N3O4S2/c1-4-6-17-29(18-7-5-2)35(32,33)22-15-13-21(14-16-22)25(31)28-26-27-23(24(34-26)19(3)30)20-11-9-8-10-12-20/h8-16H,4-7,17-18H2,1-3H3,(H,27,28,31). The largest absolute Gasteiger partial charge is 0.298 e. The van der Waals surface area contributed by atoms with Gasteiger partial charge in [0.15, 0.2) is 10.9 Å². The van der Waals surface area contributed by atoms with Gasteiger partial charge in [-0.1, -0.05) is 68.4 Å². The number of amides is 1. The number of nitrogens with zero attached hydrogens (tertiary/aromatic N) is 2. The number of thiazole rings is 1. The van der Waals surface area contributed by atoms with Gasteiger partial charge in [-0.15, -0.1) is 0 Å². The van der Waals surface area contributed by atoms with E-state index in [0.717, 1.165) is 42.6 Å².